The molecule has 1 aliphatic rings. The van der Waals surface area contributed by atoms with Gasteiger partial charge in [0.05, 0.1) is 19.5 Å². The van der Waals surface area contributed by atoms with Crippen LogP contribution >= 0.6 is 35.2 Å². The van der Waals surface area contributed by atoms with E-state index in [9.17, 15) is 57.9 Å². The SMILES string of the molecule is CC/C=C\C/C=C/C/C=C/C/C=C/C/C=C/C/C=C/CCCCC(=O)SCCNC(=O)CCNC(=O)C(O)C(C)(C)COP(=O)(O)OP(=O)(O)OCC1OC(n2cnc3c(N)ncnc32)C(O)C1OP(=O)(O)O. The maximum Gasteiger partial charge on any atom is 0.481 e. The lowest BCUT2D eigenvalue weighted by molar-refractivity contribution is -0.137. The zero-order valence-electron chi connectivity index (χ0n) is 41.1. The third-order valence-electron chi connectivity index (χ3n) is 10.4. The molecule has 7 atom stereocenters. The summed E-state index contributed by atoms with van der Waals surface area (Å²) in [5, 5.41) is 26.6. The number of ether oxygens (including phenoxy) is 1. The number of allylic oxidation sites excluding steroid dienone is 12. The second-order valence-electron chi connectivity index (χ2n) is 17.0. The molecule has 0 spiro atoms. The molecule has 73 heavy (non-hydrogen) atoms. The predicted octanol–water partition coefficient (Wildman–Crippen LogP) is 5.92. The van der Waals surface area contributed by atoms with Gasteiger partial charge in [-0.1, -0.05) is 105 Å². The number of fused-ring (bicyclic) bond motifs is 1. The number of nitrogens with zero attached hydrogens (tertiary/aromatic N) is 4. The van der Waals surface area contributed by atoms with Crippen LogP contribution in [0.1, 0.15) is 97.6 Å². The van der Waals surface area contributed by atoms with E-state index in [0.717, 1.165) is 86.8 Å². The standard InChI is InChI=1S/C45H70N7O17P3S/c1-4-5-6-7-8-9-10-11-12-13-14-15-16-17-18-19-20-21-22-23-24-25-36(54)73-29-28-47-35(53)26-27-48-43(57)40(56)45(2,3)31-66-72(63,64)69-71(61,62)65-30-34-39(68-70(58,59)60)38(55)44(67-34)52-33-51-37-41(46)49-32-50-42(37)52/h5-6,8-9,11-12,14-15,17-18,20-21,32-34,38-40,44,55-56H,4,7,10,13,16,19,22-31H2,1-3H3,(H,47,53)(H,48,57)(H,61,62)(H,63,64)(H2,46,49,50)(H2,58,59,60)/b6-5-,9-8+,12-11+,15-14+,18-17+,21-20+. The highest BCUT2D eigenvalue weighted by atomic mass is 32.2. The molecular weight excluding hydrogens is 1040 g/mol. The van der Waals surface area contributed by atoms with E-state index in [1.54, 1.807) is 0 Å². The molecular formula is C45H70N7O17P3S. The third kappa shape index (κ3) is 24.9. The molecule has 0 aromatic carbocycles. The molecule has 28 heteroatoms. The van der Waals surface area contributed by atoms with Gasteiger partial charge >= 0.3 is 23.5 Å². The van der Waals surface area contributed by atoms with Crippen molar-refractivity contribution in [3.05, 3.63) is 85.6 Å². The summed E-state index contributed by atoms with van der Waals surface area (Å²) < 4.78 is 62.5. The maximum absolute atomic E-state index is 12.8. The molecule has 2 aromatic heterocycles. The zero-order valence-corrected chi connectivity index (χ0v) is 44.6. The van der Waals surface area contributed by atoms with E-state index in [2.05, 4.69) is 114 Å². The summed E-state index contributed by atoms with van der Waals surface area (Å²) >= 11 is 1.12. The molecule has 1 fully saturated rings. The molecule has 2 amide bonds. The number of unbranched alkanes of at least 4 members (excludes halogenated alkanes) is 2. The predicted molar refractivity (Wildman–Crippen MR) is 274 cm³/mol. The molecule has 3 rings (SSSR count). The van der Waals surface area contributed by atoms with Crippen molar-refractivity contribution in [2.75, 3.05) is 37.8 Å². The molecule has 10 N–H and O–H groups in total. The van der Waals surface area contributed by atoms with Crippen molar-refractivity contribution in [3.8, 4) is 0 Å². The number of carbonyl (C=O) groups excluding carboxylic acids is 3. The maximum atomic E-state index is 12.8. The molecule has 0 bridgehead atoms. The Kier molecular flexibility index (Phi) is 28.1. The Morgan fingerprint density at radius 1 is 0.836 bits per heavy atom. The summed E-state index contributed by atoms with van der Waals surface area (Å²) in [6.45, 7) is 2.64. The monoisotopic (exact) mass is 1110 g/mol. The summed E-state index contributed by atoms with van der Waals surface area (Å²) in [5.41, 5.74) is 4.27. The molecule has 2 aromatic rings. The highest BCUT2D eigenvalue weighted by Gasteiger charge is 2.50. The van der Waals surface area contributed by atoms with E-state index in [1.807, 2.05) is 0 Å². The van der Waals surface area contributed by atoms with Gasteiger partial charge in [0.2, 0.25) is 11.8 Å². The zero-order chi connectivity index (χ0) is 53.9. The molecule has 1 saturated heterocycles. The van der Waals surface area contributed by atoms with E-state index >= 15 is 0 Å². The number of aromatic nitrogens is 4. The molecule has 0 radical (unpaired) electrons. The molecule has 1 aliphatic heterocycles. The number of imidazole rings is 1. The number of phosphoric ester groups is 3. The summed E-state index contributed by atoms with van der Waals surface area (Å²) in [5.74, 6) is -1.08. The minimum Gasteiger partial charge on any atom is -0.386 e. The number of rotatable bonds is 35. The van der Waals surface area contributed by atoms with Crippen molar-refractivity contribution in [2.24, 2.45) is 5.41 Å². The van der Waals surface area contributed by atoms with Crippen molar-refractivity contribution >= 4 is 69.1 Å². The third-order valence-corrected chi connectivity index (χ3v) is 14.4. The highest BCUT2D eigenvalue weighted by Crippen LogP contribution is 2.61. The second kappa shape index (κ2) is 32.4. The first-order valence-electron chi connectivity index (χ1n) is 23.5. The van der Waals surface area contributed by atoms with Crippen LogP contribution in [0.5, 0.6) is 0 Å². The van der Waals surface area contributed by atoms with Crippen LogP contribution in [0.2, 0.25) is 0 Å². The molecule has 7 unspecified atom stereocenters. The fourth-order valence-electron chi connectivity index (χ4n) is 6.54. The smallest absolute Gasteiger partial charge is 0.386 e. The van der Waals surface area contributed by atoms with Crippen LogP contribution in [0.3, 0.4) is 0 Å². The van der Waals surface area contributed by atoms with Crippen molar-refractivity contribution in [1.82, 2.24) is 30.2 Å². The average Bonchev–Trinajstić information content (AvgIpc) is 3.88. The summed E-state index contributed by atoms with van der Waals surface area (Å²) in [6.07, 6.45) is 27.6. The number of aliphatic hydroxyl groups is 2. The van der Waals surface area contributed by atoms with Crippen molar-refractivity contribution in [1.29, 1.82) is 0 Å². The van der Waals surface area contributed by atoms with Crippen molar-refractivity contribution < 1.29 is 80.5 Å². The number of amides is 2. The van der Waals surface area contributed by atoms with Gasteiger partial charge in [0, 0.05) is 37.1 Å². The minimum atomic E-state index is -5.58. The van der Waals surface area contributed by atoms with Gasteiger partial charge in [-0.2, -0.15) is 4.31 Å². The number of phosphoric acid groups is 3. The normalized spacial score (nSPS) is 20.1. The van der Waals surface area contributed by atoms with Crippen LogP contribution in [0.15, 0.2) is 85.6 Å². The first-order valence-corrected chi connectivity index (χ1v) is 29.0. The fourth-order valence-corrected chi connectivity index (χ4v) is 10.1. The second-order valence-corrected chi connectivity index (χ2v) is 22.3. The van der Waals surface area contributed by atoms with Gasteiger partial charge in [0.25, 0.3) is 0 Å². The Bertz CT molecular complexity index is 2390. The highest BCUT2D eigenvalue weighted by molar-refractivity contribution is 8.13. The minimum absolute atomic E-state index is 0.0222. The Morgan fingerprint density at radius 2 is 1.42 bits per heavy atom. The van der Waals surface area contributed by atoms with Crippen LogP contribution in [-0.4, -0.2) is 123 Å². The Morgan fingerprint density at radius 3 is 2.03 bits per heavy atom. The van der Waals surface area contributed by atoms with Gasteiger partial charge in [0.1, 0.15) is 36.3 Å². The molecule has 3 heterocycles. The van der Waals surface area contributed by atoms with E-state index in [1.165, 1.54) is 13.8 Å². The van der Waals surface area contributed by atoms with E-state index in [0.29, 0.717) is 12.2 Å². The number of thioether (sulfide) groups is 1. The van der Waals surface area contributed by atoms with Gasteiger partial charge in [-0.15, -0.1) is 0 Å². The van der Waals surface area contributed by atoms with Gasteiger partial charge in [-0.3, -0.25) is 32.5 Å². The Labute approximate surface area is 429 Å². The lowest BCUT2D eigenvalue weighted by atomic mass is 9.87. The lowest BCUT2D eigenvalue weighted by Gasteiger charge is -2.30. The van der Waals surface area contributed by atoms with Crippen LogP contribution in [0, 0.1) is 5.41 Å². The van der Waals surface area contributed by atoms with Crippen LogP contribution in [-0.2, 0) is 50.7 Å². The molecule has 24 nitrogen and oxygen atoms in total. The van der Waals surface area contributed by atoms with Crippen LogP contribution in [0.4, 0.5) is 5.82 Å². The number of hydrogen-bond acceptors (Lipinski definition) is 18. The number of carbonyl (C=O) groups is 3. The number of hydrogen-bond donors (Lipinski definition) is 9. The Hall–Kier alpha value is -4.00. The Balaban J connectivity index is 1.27. The fraction of sp³-hybridized carbons (Fsp3) is 0.556. The van der Waals surface area contributed by atoms with E-state index in [4.69, 9.17) is 19.5 Å². The number of nitrogen functional groups attached to an aromatic ring is 1. The quantitative estimate of drug-likeness (QED) is 0.0219. The van der Waals surface area contributed by atoms with Crippen molar-refractivity contribution in [3.63, 3.8) is 0 Å². The average molecular weight is 1110 g/mol. The first kappa shape index (κ1) is 63.3. The number of nitrogens with one attached hydrogen (secondary N) is 2. The number of nitrogens with two attached hydrogens (primary N) is 1. The number of anilines is 1. The first-order chi connectivity index (χ1) is 34.6. The van der Waals surface area contributed by atoms with E-state index in [-0.39, 0.29) is 41.6 Å². The molecule has 408 valence electrons. The van der Waals surface area contributed by atoms with E-state index < -0.39 is 84.6 Å². The summed E-state index contributed by atoms with van der Waals surface area (Å²) in [7, 11) is -16.4. The van der Waals surface area contributed by atoms with Gasteiger partial charge in [0.15, 0.2) is 22.8 Å². The lowest BCUT2D eigenvalue weighted by Crippen LogP contribution is -2.46. The summed E-state index contributed by atoms with van der Waals surface area (Å²) in [4.78, 5) is 88.5. The summed E-state index contributed by atoms with van der Waals surface area (Å²) in [6, 6.07) is 0. The molecule has 0 aliphatic carbocycles. The number of aliphatic hydroxyl groups excluding tert-OH is 2. The van der Waals surface area contributed by atoms with Crippen LogP contribution < -0.4 is 16.4 Å². The topological polar surface area (TPSA) is 364 Å². The van der Waals surface area contributed by atoms with Crippen LogP contribution in [0.25, 0.3) is 11.2 Å². The van der Waals surface area contributed by atoms with Gasteiger partial charge in [-0.25, -0.2) is 28.6 Å². The largest absolute Gasteiger partial charge is 0.481 e. The molecule has 0 saturated carbocycles. The van der Waals surface area contributed by atoms with Crippen molar-refractivity contribution in [2.45, 2.75) is 122 Å². The van der Waals surface area contributed by atoms with Gasteiger partial charge < -0.3 is 50.9 Å². The van der Waals surface area contributed by atoms with Gasteiger partial charge in [-0.05, 0) is 57.8 Å².